The number of fused-ring (bicyclic) bond motifs is 1. The van der Waals surface area contributed by atoms with E-state index in [2.05, 4.69) is 5.32 Å². The molecule has 3 aromatic carbocycles. The summed E-state index contributed by atoms with van der Waals surface area (Å²) in [5, 5.41) is 4.35. The van der Waals surface area contributed by atoms with Gasteiger partial charge in [0.25, 0.3) is 11.5 Å². The number of amides is 1. The van der Waals surface area contributed by atoms with Crippen LogP contribution in [0.15, 0.2) is 77.6 Å². The smallest absolute Gasteiger partial charge is 0.356 e. The molecule has 0 atom stereocenters. The molecule has 6 nitrogen and oxygen atoms in total. The van der Waals surface area contributed by atoms with E-state index < -0.39 is 18.5 Å². The number of halogens is 1. The second kappa shape index (κ2) is 9.30. The van der Waals surface area contributed by atoms with Gasteiger partial charge in [0.15, 0.2) is 6.61 Å². The molecule has 1 heterocycles. The van der Waals surface area contributed by atoms with Gasteiger partial charge in [0, 0.05) is 28.7 Å². The molecule has 1 N–H and O–H groups in total. The Bertz CT molecular complexity index is 1420. The molecule has 0 aliphatic carbocycles. The topological polar surface area (TPSA) is 77.4 Å². The zero-order valence-electron chi connectivity index (χ0n) is 18.1. The van der Waals surface area contributed by atoms with Crippen LogP contribution in [-0.2, 0) is 16.6 Å². The van der Waals surface area contributed by atoms with Crippen LogP contribution in [-0.4, -0.2) is 23.1 Å². The first-order valence-electron chi connectivity index (χ1n) is 10.3. The van der Waals surface area contributed by atoms with Crippen molar-refractivity contribution in [3.63, 3.8) is 0 Å². The molecule has 4 aromatic rings. The summed E-state index contributed by atoms with van der Waals surface area (Å²) in [5.74, 6) is -1.25. The quantitative estimate of drug-likeness (QED) is 0.427. The Morgan fingerprint density at radius 3 is 2.27 bits per heavy atom. The second-order valence-corrected chi connectivity index (χ2v) is 8.02. The molecule has 0 spiro atoms. The molecule has 0 aliphatic rings. The Hall–Kier alpha value is -3.90. The maximum atomic E-state index is 13.2. The third kappa shape index (κ3) is 4.52. The Kier molecular flexibility index (Phi) is 6.29. The molecule has 166 valence electrons. The first-order chi connectivity index (χ1) is 15.9. The number of rotatable bonds is 5. The summed E-state index contributed by atoms with van der Waals surface area (Å²) >= 11 is 6.05. The van der Waals surface area contributed by atoms with Crippen molar-refractivity contribution in [3.05, 3.63) is 99.4 Å². The molecule has 0 saturated carbocycles. The van der Waals surface area contributed by atoms with Crippen LogP contribution in [0.25, 0.3) is 21.9 Å². The number of anilines is 1. The number of nitrogens with zero attached hydrogens (tertiary/aromatic N) is 1. The summed E-state index contributed by atoms with van der Waals surface area (Å²) < 4.78 is 6.59. The van der Waals surface area contributed by atoms with Gasteiger partial charge in [-0.3, -0.25) is 9.59 Å². The largest absolute Gasteiger partial charge is 0.451 e. The normalized spacial score (nSPS) is 10.8. The third-order valence-electron chi connectivity index (χ3n) is 5.38. The van der Waals surface area contributed by atoms with Crippen molar-refractivity contribution in [2.24, 2.45) is 7.05 Å². The van der Waals surface area contributed by atoms with Gasteiger partial charge < -0.3 is 14.6 Å². The van der Waals surface area contributed by atoms with Crippen LogP contribution in [0.4, 0.5) is 5.69 Å². The van der Waals surface area contributed by atoms with Crippen LogP contribution < -0.4 is 10.9 Å². The van der Waals surface area contributed by atoms with Gasteiger partial charge in [-0.2, -0.15) is 0 Å². The van der Waals surface area contributed by atoms with Crippen molar-refractivity contribution < 1.29 is 14.3 Å². The van der Waals surface area contributed by atoms with Crippen LogP contribution in [0.3, 0.4) is 0 Å². The summed E-state index contributed by atoms with van der Waals surface area (Å²) in [4.78, 5) is 38.5. The van der Waals surface area contributed by atoms with E-state index in [1.807, 2.05) is 19.1 Å². The highest BCUT2D eigenvalue weighted by Gasteiger charge is 2.23. The van der Waals surface area contributed by atoms with E-state index in [9.17, 15) is 14.4 Å². The molecule has 33 heavy (non-hydrogen) atoms. The fraction of sp³-hybridized carbons (Fsp3) is 0.115. The predicted molar refractivity (Wildman–Crippen MR) is 130 cm³/mol. The van der Waals surface area contributed by atoms with Crippen LogP contribution in [0.2, 0.25) is 5.02 Å². The van der Waals surface area contributed by atoms with E-state index in [0.717, 1.165) is 5.56 Å². The van der Waals surface area contributed by atoms with Gasteiger partial charge in [-0.25, -0.2) is 4.79 Å². The summed E-state index contributed by atoms with van der Waals surface area (Å²) in [5.41, 5.74) is 2.48. The van der Waals surface area contributed by atoms with Crippen molar-refractivity contribution in [2.45, 2.75) is 6.92 Å². The number of benzene rings is 3. The number of ether oxygens (including phenoxy) is 1. The number of pyridine rings is 1. The number of nitrogens with one attached hydrogen (secondary N) is 1. The van der Waals surface area contributed by atoms with Gasteiger partial charge in [0.1, 0.15) is 5.69 Å². The summed E-state index contributed by atoms with van der Waals surface area (Å²) in [7, 11) is 1.51. The lowest BCUT2D eigenvalue weighted by molar-refractivity contribution is -0.119. The molecular weight excluding hydrogens is 440 g/mol. The van der Waals surface area contributed by atoms with E-state index >= 15 is 0 Å². The Morgan fingerprint density at radius 2 is 1.58 bits per heavy atom. The maximum absolute atomic E-state index is 13.2. The lowest BCUT2D eigenvalue weighted by Gasteiger charge is -2.17. The van der Waals surface area contributed by atoms with Crippen molar-refractivity contribution in [1.82, 2.24) is 4.57 Å². The SMILES string of the molecule is Cc1ccccc1NC(=O)COC(=O)c1c(-c2ccc(Cl)cc2)c2ccccc2c(=O)n1C. The summed E-state index contributed by atoms with van der Waals surface area (Å²) in [6, 6.07) is 21.3. The maximum Gasteiger partial charge on any atom is 0.356 e. The first kappa shape index (κ1) is 22.3. The summed E-state index contributed by atoms with van der Waals surface area (Å²) in [6.45, 7) is 1.37. The Morgan fingerprint density at radius 1 is 0.939 bits per heavy atom. The Labute approximate surface area is 195 Å². The van der Waals surface area contributed by atoms with E-state index in [1.54, 1.807) is 60.7 Å². The average Bonchev–Trinajstić information content (AvgIpc) is 2.82. The zero-order valence-corrected chi connectivity index (χ0v) is 18.8. The number of hydrogen-bond donors (Lipinski definition) is 1. The number of hydrogen-bond acceptors (Lipinski definition) is 4. The second-order valence-electron chi connectivity index (χ2n) is 7.58. The fourth-order valence-electron chi connectivity index (χ4n) is 3.71. The van der Waals surface area contributed by atoms with E-state index in [4.69, 9.17) is 16.3 Å². The van der Waals surface area contributed by atoms with Crippen molar-refractivity contribution in [3.8, 4) is 11.1 Å². The van der Waals surface area contributed by atoms with Gasteiger partial charge in [0.2, 0.25) is 0 Å². The highest BCUT2D eigenvalue weighted by molar-refractivity contribution is 6.30. The fourth-order valence-corrected chi connectivity index (χ4v) is 3.84. The highest BCUT2D eigenvalue weighted by atomic mass is 35.5. The molecule has 0 unspecified atom stereocenters. The third-order valence-corrected chi connectivity index (χ3v) is 5.64. The summed E-state index contributed by atoms with van der Waals surface area (Å²) in [6.07, 6.45) is 0. The number of aryl methyl sites for hydroxylation is 1. The minimum Gasteiger partial charge on any atom is -0.451 e. The first-order valence-corrected chi connectivity index (χ1v) is 10.6. The highest BCUT2D eigenvalue weighted by Crippen LogP contribution is 2.31. The number of carbonyl (C=O) groups excluding carboxylic acids is 2. The predicted octanol–water partition coefficient (Wildman–Crippen LogP) is 4.96. The van der Waals surface area contributed by atoms with E-state index in [-0.39, 0.29) is 11.3 Å². The standard InChI is InChI=1S/C26H21ClN2O4/c1-16-7-3-6-10-21(16)28-22(30)15-33-26(32)24-23(17-11-13-18(27)14-12-17)19-8-4-5-9-20(19)25(31)29(24)2/h3-14H,15H2,1-2H3,(H,28,30). The molecule has 0 aliphatic heterocycles. The molecular formula is C26H21ClN2O4. The van der Waals surface area contributed by atoms with Crippen molar-refractivity contribution >= 4 is 39.9 Å². The lowest BCUT2D eigenvalue weighted by Crippen LogP contribution is -2.28. The number of para-hydroxylation sites is 1. The molecule has 1 aromatic heterocycles. The molecule has 4 rings (SSSR count). The minimum absolute atomic E-state index is 0.0599. The van der Waals surface area contributed by atoms with Crippen molar-refractivity contribution in [1.29, 1.82) is 0 Å². The van der Waals surface area contributed by atoms with Gasteiger partial charge in [0.05, 0.1) is 0 Å². The number of esters is 1. The van der Waals surface area contributed by atoms with E-state index in [0.29, 0.717) is 32.6 Å². The van der Waals surface area contributed by atoms with E-state index in [1.165, 1.54) is 11.6 Å². The zero-order chi connectivity index (χ0) is 23.5. The van der Waals surface area contributed by atoms with Gasteiger partial charge >= 0.3 is 5.97 Å². The lowest BCUT2D eigenvalue weighted by atomic mass is 9.97. The van der Waals surface area contributed by atoms with Crippen LogP contribution in [0.1, 0.15) is 16.1 Å². The number of carbonyl (C=O) groups is 2. The van der Waals surface area contributed by atoms with Crippen LogP contribution >= 0.6 is 11.6 Å². The molecule has 7 heteroatoms. The van der Waals surface area contributed by atoms with Crippen LogP contribution in [0.5, 0.6) is 0 Å². The van der Waals surface area contributed by atoms with Gasteiger partial charge in [-0.1, -0.05) is 60.1 Å². The van der Waals surface area contributed by atoms with Gasteiger partial charge in [-0.05, 0) is 47.7 Å². The monoisotopic (exact) mass is 460 g/mol. The molecule has 0 saturated heterocycles. The van der Waals surface area contributed by atoms with Crippen LogP contribution in [0, 0.1) is 6.92 Å². The molecule has 0 radical (unpaired) electrons. The number of aromatic nitrogens is 1. The molecule has 0 bridgehead atoms. The Balaban J connectivity index is 1.71. The average molecular weight is 461 g/mol. The minimum atomic E-state index is -0.773. The van der Waals surface area contributed by atoms with Gasteiger partial charge in [-0.15, -0.1) is 0 Å². The molecule has 0 fully saturated rings. The van der Waals surface area contributed by atoms with Crippen molar-refractivity contribution in [2.75, 3.05) is 11.9 Å². The molecule has 1 amide bonds.